The summed E-state index contributed by atoms with van der Waals surface area (Å²) in [5, 5.41) is 24.8. The van der Waals surface area contributed by atoms with Gasteiger partial charge in [-0.05, 0) is 24.4 Å². The minimum Gasteiger partial charge on any atom is -0.367 e. The Bertz CT molecular complexity index is 1030. The lowest BCUT2D eigenvalue weighted by atomic mass is 10.2. The lowest BCUT2D eigenvalue weighted by molar-refractivity contribution is -0.385. The molecule has 1 amide bonds. The monoisotopic (exact) mass is 449 g/mol. The van der Waals surface area contributed by atoms with Crippen molar-refractivity contribution in [2.75, 3.05) is 31.1 Å². The molecule has 1 fully saturated rings. The first-order valence-corrected chi connectivity index (χ1v) is 9.58. The van der Waals surface area contributed by atoms with Gasteiger partial charge in [0, 0.05) is 56.0 Å². The van der Waals surface area contributed by atoms with Gasteiger partial charge >= 0.3 is 0 Å². The van der Waals surface area contributed by atoms with Crippen LogP contribution in [0.4, 0.5) is 17.1 Å². The van der Waals surface area contributed by atoms with Crippen LogP contribution in [0.15, 0.2) is 42.5 Å². The van der Waals surface area contributed by atoms with Crippen molar-refractivity contribution in [1.29, 1.82) is 0 Å². The molecule has 30 heavy (non-hydrogen) atoms. The van der Waals surface area contributed by atoms with E-state index in [1.54, 1.807) is 11.0 Å². The number of thiocarbonyl (C=S) groups is 1. The number of nitrogens with zero attached hydrogens (tertiary/aromatic N) is 4. The topological polar surface area (TPSA) is 122 Å². The molecule has 0 unspecified atom stereocenters. The summed E-state index contributed by atoms with van der Waals surface area (Å²) >= 11 is 11.5. The van der Waals surface area contributed by atoms with E-state index >= 15 is 0 Å². The molecule has 2 aromatic carbocycles. The Morgan fingerprint density at radius 1 is 1.00 bits per heavy atom. The molecule has 1 aliphatic rings. The normalized spacial score (nSPS) is 13.6. The molecule has 0 spiro atoms. The molecule has 156 valence electrons. The van der Waals surface area contributed by atoms with Crippen molar-refractivity contribution in [3.8, 4) is 0 Å². The first-order valence-electron chi connectivity index (χ1n) is 8.80. The summed E-state index contributed by atoms with van der Waals surface area (Å²) in [7, 11) is 0. The maximum Gasteiger partial charge on any atom is 0.271 e. The quantitative estimate of drug-likeness (QED) is 0.429. The number of nitrogens with one attached hydrogen (secondary N) is 1. The SMILES string of the molecule is O=C(NC(=S)N1CCN(c2ccc([N+](=O)[O-])cc2Cl)CC1)c1cccc([N+](=O)[O-])c1. The highest BCUT2D eigenvalue weighted by atomic mass is 35.5. The maximum atomic E-state index is 12.4. The van der Waals surface area contributed by atoms with Crippen LogP contribution in [0, 0.1) is 20.2 Å². The number of benzene rings is 2. The van der Waals surface area contributed by atoms with Gasteiger partial charge in [0.25, 0.3) is 17.3 Å². The minimum atomic E-state index is -0.572. The van der Waals surface area contributed by atoms with Crippen molar-refractivity contribution in [2.45, 2.75) is 0 Å². The van der Waals surface area contributed by atoms with Crippen molar-refractivity contribution in [1.82, 2.24) is 10.2 Å². The zero-order valence-corrected chi connectivity index (χ0v) is 17.1. The van der Waals surface area contributed by atoms with Crippen molar-refractivity contribution in [2.24, 2.45) is 0 Å². The molecular formula is C18H16ClN5O5S. The van der Waals surface area contributed by atoms with Crippen molar-refractivity contribution < 1.29 is 14.6 Å². The first-order chi connectivity index (χ1) is 14.3. The Morgan fingerprint density at radius 2 is 1.63 bits per heavy atom. The molecular weight excluding hydrogens is 434 g/mol. The smallest absolute Gasteiger partial charge is 0.271 e. The van der Waals surface area contributed by atoms with E-state index in [0.29, 0.717) is 36.9 Å². The van der Waals surface area contributed by atoms with E-state index in [2.05, 4.69) is 5.32 Å². The van der Waals surface area contributed by atoms with Gasteiger partial charge in [-0.1, -0.05) is 17.7 Å². The average Bonchev–Trinajstić information content (AvgIpc) is 2.73. The number of nitro groups is 2. The number of hydrogen-bond acceptors (Lipinski definition) is 7. The molecule has 1 N–H and O–H groups in total. The lowest BCUT2D eigenvalue weighted by Crippen LogP contribution is -2.52. The molecule has 0 bridgehead atoms. The van der Waals surface area contributed by atoms with Crippen LogP contribution >= 0.6 is 23.8 Å². The Morgan fingerprint density at radius 3 is 2.23 bits per heavy atom. The van der Waals surface area contributed by atoms with Crippen LogP contribution in [0.5, 0.6) is 0 Å². The van der Waals surface area contributed by atoms with Crippen LogP contribution in [0.3, 0.4) is 0 Å². The molecule has 0 aromatic heterocycles. The highest BCUT2D eigenvalue weighted by Gasteiger charge is 2.23. The number of nitro benzene ring substituents is 2. The van der Waals surface area contributed by atoms with E-state index < -0.39 is 15.8 Å². The third-order valence-corrected chi connectivity index (χ3v) is 5.25. The zero-order valence-electron chi connectivity index (χ0n) is 15.5. The van der Waals surface area contributed by atoms with Gasteiger partial charge in [-0.25, -0.2) is 0 Å². The highest BCUT2D eigenvalue weighted by Crippen LogP contribution is 2.30. The Kier molecular flexibility index (Phi) is 6.43. The molecule has 3 rings (SSSR count). The standard InChI is InChI=1S/C18H16ClN5O5S/c19-15-11-14(24(28)29)4-5-16(15)21-6-8-22(9-7-21)18(30)20-17(25)12-2-1-3-13(10-12)23(26)27/h1-5,10-11H,6-9H2,(H,20,25,30). The summed E-state index contributed by atoms with van der Waals surface area (Å²) in [6, 6.07) is 9.72. The summed E-state index contributed by atoms with van der Waals surface area (Å²) in [6.45, 7) is 2.09. The van der Waals surface area contributed by atoms with Gasteiger partial charge in [-0.3, -0.25) is 30.3 Å². The van der Waals surface area contributed by atoms with Crippen molar-refractivity contribution in [3.63, 3.8) is 0 Å². The van der Waals surface area contributed by atoms with Crippen LogP contribution in [0.2, 0.25) is 5.02 Å². The first kappa shape index (κ1) is 21.4. The second kappa shape index (κ2) is 9.01. The molecule has 0 saturated carbocycles. The van der Waals surface area contributed by atoms with Crippen LogP contribution in [-0.4, -0.2) is 51.9 Å². The third-order valence-electron chi connectivity index (χ3n) is 4.59. The second-order valence-corrected chi connectivity index (χ2v) is 7.23. The summed E-state index contributed by atoms with van der Waals surface area (Å²) < 4.78 is 0. The molecule has 1 heterocycles. The van der Waals surface area contributed by atoms with Gasteiger partial charge in [0.05, 0.1) is 20.6 Å². The molecule has 12 heteroatoms. The van der Waals surface area contributed by atoms with Gasteiger partial charge in [0.1, 0.15) is 0 Å². The molecule has 1 aliphatic heterocycles. The van der Waals surface area contributed by atoms with Crippen LogP contribution in [0.1, 0.15) is 10.4 Å². The summed E-state index contributed by atoms with van der Waals surface area (Å²) in [5.74, 6) is -0.524. The maximum absolute atomic E-state index is 12.4. The number of halogens is 1. The van der Waals surface area contributed by atoms with Gasteiger partial charge in [-0.2, -0.15) is 0 Å². The number of amides is 1. The second-order valence-electron chi connectivity index (χ2n) is 6.43. The summed E-state index contributed by atoms with van der Waals surface area (Å²) in [6.07, 6.45) is 0. The molecule has 10 nitrogen and oxygen atoms in total. The fourth-order valence-electron chi connectivity index (χ4n) is 3.03. The average molecular weight is 450 g/mol. The van der Waals surface area contributed by atoms with E-state index in [-0.39, 0.29) is 22.1 Å². The molecule has 0 aliphatic carbocycles. The predicted octanol–water partition coefficient (Wildman–Crippen LogP) is 2.99. The highest BCUT2D eigenvalue weighted by molar-refractivity contribution is 7.80. The van der Waals surface area contributed by atoms with Crippen molar-refractivity contribution >= 4 is 51.9 Å². The third kappa shape index (κ3) is 4.81. The Balaban J connectivity index is 1.59. The molecule has 0 radical (unpaired) electrons. The molecule has 2 aromatic rings. The minimum absolute atomic E-state index is 0.0765. The number of carbonyl (C=O) groups excluding carboxylic acids is 1. The number of anilines is 1. The predicted molar refractivity (Wildman–Crippen MR) is 115 cm³/mol. The number of hydrogen-bond donors (Lipinski definition) is 1. The molecule has 1 saturated heterocycles. The van der Waals surface area contributed by atoms with Gasteiger partial charge < -0.3 is 9.80 Å². The zero-order chi connectivity index (χ0) is 21.8. The van der Waals surface area contributed by atoms with Gasteiger partial charge in [-0.15, -0.1) is 0 Å². The number of rotatable bonds is 4. The fourth-order valence-corrected chi connectivity index (χ4v) is 3.59. The number of non-ortho nitro benzene ring substituents is 2. The summed E-state index contributed by atoms with van der Waals surface area (Å²) in [5.41, 5.74) is 0.575. The van der Waals surface area contributed by atoms with E-state index in [1.165, 1.54) is 36.4 Å². The van der Waals surface area contributed by atoms with Gasteiger partial charge in [0.2, 0.25) is 0 Å². The summed E-state index contributed by atoms with van der Waals surface area (Å²) in [4.78, 5) is 36.8. The van der Waals surface area contributed by atoms with Crippen LogP contribution in [0.25, 0.3) is 0 Å². The van der Waals surface area contributed by atoms with Crippen LogP contribution in [-0.2, 0) is 0 Å². The van der Waals surface area contributed by atoms with E-state index in [1.807, 2.05) is 4.90 Å². The van der Waals surface area contributed by atoms with E-state index in [4.69, 9.17) is 23.8 Å². The lowest BCUT2D eigenvalue weighted by Gasteiger charge is -2.37. The Labute approximate surface area is 181 Å². The number of piperazine rings is 1. The van der Waals surface area contributed by atoms with Gasteiger partial charge in [0.15, 0.2) is 5.11 Å². The Hall–Kier alpha value is -3.31. The van der Waals surface area contributed by atoms with Crippen LogP contribution < -0.4 is 10.2 Å². The van der Waals surface area contributed by atoms with E-state index in [9.17, 15) is 25.0 Å². The fraction of sp³-hybridized carbons (Fsp3) is 0.222. The van der Waals surface area contributed by atoms with Crippen molar-refractivity contribution in [3.05, 3.63) is 73.3 Å². The molecule has 0 atom stereocenters. The van der Waals surface area contributed by atoms with E-state index in [0.717, 1.165) is 0 Å². The largest absolute Gasteiger partial charge is 0.367 e. The number of carbonyl (C=O) groups is 1.